The summed E-state index contributed by atoms with van der Waals surface area (Å²) in [6.07, 6.45) is 1.39. The fourth-order valence-electron chi connectivity index (χ4n) is 2.46. The number of urea groups is 1. The molecule has 0 aliphatic heterocycles. The average Bonchev–Trinajstić information content (AvgIpc) is 2.70. The fourth-order valence-corrected chi connectivity index (χ4v) is 2.59. The van der Waals surface area contributed by atoms with E-state index in [2.05, 4.69) is 22.7 Å². The number of anilines is 1. The Hall–Kier alpha value is -2.77. The summed E-state index contributed by atoms with van der Waals surface area (Å²) in [7, 11) is 0. The highest BCUT2D eigenvalue weighted by atomic mass is 35.5. The number of carbonyl (C=O) groups is 1. The molecule has 0 aliphatic carbocycles. The number of halogens is 1. The number of nitrogens with two attached hydrogens (primary N) is 1. The van der Waals surface area contributed by atoms with Crippen molar-refractivity contribution in [1.29, 1.82) is 0 Å². The van der Waals surface area contributed by atoms with E-state index in [1.165, 1.54) is 5.56 Å². The second kappa shape index (κ2) is 11.2. The molecule has 2 aromatic carbocycles. The molecule has 0 spiro atoms. The van der Waals surface area contributed by atoms with Gasteiger partial charge in [-0.05, 0) is 41.8 Å². The molecule has 2 rings (SSSR count). The maximum absolute atomic E-state index is 12.4. The van der Waals surface area contributed by atoms with Crippen LogP contribution in [0.2, 0.25) is 5.02 Å². The number of carbonyl (C=O) groups excluding carboxylic acids is 1. The van der Waals surface area contributed by atoms with Gasteiger partial charge >= 0.3 is 6.03 Å². The predicted octanol–water partition coefficient (Wildman–Crippen LogP) is 2.92. The summed E-state index contributed by atoms with van der Waals surface area (Å²) in [5, 5.41) is 18.7. The third kappa shape index (κ3) is 7.09. The summed E-state index contributed by atoms with van der Waals surface area (Å²) in [4.78, 5) is 17.3. The SMILES string of the molecule is CCc1ccc(C[C@H](NC(=O)Nc2ccc(Cl)cc2)C(N)=NOCCO)cc1. The molecule has 0 saturated carbocycles. The molecule has 8 heteroatoms. The van der Waals surface area contributed by atoms with Crippen molar-refractivity contribution in [2.24, 2.45) is 10.9 Å². The number of aryl methyl sites for hydroxylation is 1. The molecule has 0 aliphatic rings. The Labute approximate surface area is 169 Å². The van der Waals surface area contributed by atoms with Crippen molar-refractivity contribution in [2.75, 3.05) is 18.5 Å². The molecule has 0 bridgehead atoms. The summed E-state index contributed by atoms with van der Waals surface area (Å²) in [6, 6.07) is 13.8. The van der Waals surface area contributed by atoms with Crippen molar-refractivity contribution in [3.63, 3.8) is 0 Å². The summed E-state index contributed by atoms with van der Waals surface area (Å²) in [5.41, 5.74) is 8.82. The molecular formula is C20H25ClN4O3. The van der Waals surface area contributed by atoms with E-state index in [0.717, 1.165) is 12.0 Å². The molecule has 2 amide bonds. The number of amides is 2. The molecule has 150 valence electrons. The number of hydrogen-bond donors (Lipinski definition) is 4. The van der Waals surface area contributed by atoms with Crippen LogP contribution in [-0.4, -0.2) is 36.2 Å². The first kappa shape index (κ1) is 21.5. The number of aliphatic hydroxyl groups excluding tert-OH is 1. The van der Waals surface area contributed by atoms with Crippen LogP contribution in [0.5, 0.6) is 0 Å². The molecule has 0 saturated heterocycles. The smallest absolute Gasteiger partial charge is 0.319 e. The number of oxime groups is 1. The van der Waals surface area contributed by atoms with Gasteiger partial charge in [-0.2, -0.15) is 0 Å². The standard InChI is InChI=1S/C20H25ClN4O3/c1-2-14-3-5-15(6-4-14)13-18(19(22)25-28-12-11-26)24-20(27)23-17-9-7-16(21)8-10-17/h3-10,18,26H,2,11-13H2,1H3,(H2,22,25)(H2,23,24,27)/t18-/m0/s1. The van der Waals surface area contributed by atoms with E-state index in [0.29, 0.717) is 17.1 Å². The lowest BCUT2D eigenvalue weighted by molar-refractivity contribution is 0.0975. The van der Waals surface area contributed by atoms with E-state index in [1.807, 2.05) is 24.3 Å². The molecule has 0 heterocycles. The highest BCUT2D eigenvalue weighted by molar-refractivity contribution is 6.30. The van der Waals surface area contributed by atoms with Gasteiger partial charge in [-0.25, -0.2) is 4.79 Å². The first-order valence-corrected chi connectivity index (χ1v) is 9.36. The number of amidine groups is 1. The summed E-state index contributed by atoms with van der Waals surface area (Å²) >= 11 is 5.85. The normalized spacial score (nSPS) is 12.3. The van der Waals surface area contributed by atoms with E-state index in [1.54, 1.807) is 24.3 Å². The highest BCUT2D eigenvalue weighted by Crippen LogP contribution is 2.13. The van der Waals surface area contributed by atoms with Crippen molar-refractivity contribution in [3.8, 4) is 0 Å². The minimum absolute atomic E-state index is 0.0234. The van der Waals surface area contributed by atoms with Gasteiger partial charge in [0.25, 0.3) is 0 Å². The zero-order chi connectivity index (χ0) is 20.4. The van der Waals surface area contributed by atoms with Crippen molar-refractivity contribution in [1.82, 2.24) is 5.32 Å². The number of nitrogens with zero attached hydrogens (tertiary/aromatic N) is 1. The number of rotatable bonds is 9. The Balaban J connectivity index is 2.08. The third-order valence-corrected chi connectivity index (χ3v) is 4.24. The van der Waals surface area contributed by atoms with Crippen LogP contribution in [0.3, 0.4) is 0 Å². The Bertz CT molecular complexity index is 779. The largest absolute Gasteiger partial charge is 0.393 e. The molecule has 0 aromatic heterocycles. The quantitative estimate of drug-likeness (QED) is 0.223. The van der Waals surface area contributed by atoms with E-state index < -0.39 is 12.1 Å². The Morgan fingerprint density at radius 3 is 2.43 bits per heavy atom. The summed E-state index contributed by atoms with van der Waals surface area (Å²) < 4.78 is 0. The molecule has 0 unspecified atom stereocenters. The number of aliphatic hydroxyl groups is 1. The second-order valence-electron chi connectivity index (χ2n) is 6.11. The minimum atomic E-state index is -0.585. The van der Waals surface area contributed by atoms with Crippen LogP contribution >= 0.6 is 11.6 Å². The van der Waals surface area contributed by atoms with E-state index in [4.69, 9.17) is 27.3 Å². The molecule has 2 aromatic rings. The topological polar surface area (TPSA) is 109 Å². The van der Waals surface area contributed by atoms with Gasteiger partial charge in [0, 0.05) is 17.1 Å². The number of nitrogens with one attached hydrogen (secondary N) is 2. The van der Waals surface area contributed by atoms with Gasteiger partial charge in [0.05, 0.1) is 12.6 Å². The molecule has 7 nitrogen and oxygen atoms in total. The molecule has 0 fully saturated rings. The Kier molecular flexibility index (Phi) is 8.58. The van der Waals surface area contributed by atoms with Gasteiger partial charge in [0.2, 0.25) is 0 Å². The first-order chi connectivity index (χ1) is 13.5. The molecule has 0 radical (unpaired) electrons. The van der Waals surface area contributed by atoms with Gasteiger partial charge in [0.1, 0.15) is 6.61 Å². The van der Waals surface area contributed by atoms with Crippen LogP contribution in [0.4, 0.5) is 10.5 Å². The molecule has 1 atom stereocenters. The van der Waals surface area contributed by atoms with Crippen molar-refractivity contribution in [2.45, 2.75) is 25.8 Å². The summed E-state index contributed by atoms with van der Waals surface area (Å²) in [5.74, 6) is 0.110. The number of hydrogen-bond acceptors (Lipinski definition) is 4. The van der Waals surface area contributed by atoms with Gasteiger partial charge in [-0.15, -0.1) is 0 Å². The van der Waals surface area contributed by atoms with Crippen LogP contribution in [0.1, 0.15) is 18.1 Å². The van der Waals surface area contributed by atoms with Gasteiger partial charge < -0.3 is 26.3 Å². The highest BCUT2D eigenvalue weighted by Gasteiger charge is 2.18. The van der Waals surface area contributed by atoms with Crippen molar-refractivity contribution >= 4 is 29.2 Å². The van der Waals surface area contributed by atoms with E-state index in [-0.39, 0.29) is 19.0 Å². The zero-order valence-corrected chi connectivity index (χ0v) is 16.4. The van der Waals surface area contributed by atoms with Crippen molar-refractivity contribution in [3.05, 3.63) is 64.7 Å². The molecule has 28 heavy (non-hydrogen) atoms. The van der Waals surface area contributed by atoms with Gasteiger partial charge in [-0.3, -0.25) is 0 Å². The van der Waals surface area contributed by atoms with Crippen LogP contribution in [0.15, 0.2) is 53.7 Å². The average molecular weight is 405 g/mol. The lowest BCUT2D eigenvalue weighted by atomic mass is 10.0. The second-order valence-corrected chi connectivity index (χ2v) is 6.54. The fraction of sp³-hybridized carbons (Fsp3) is 0.300. The predicted molar refractivity (Wildman–Crippen MR) is 112 cm³/mol. The van der Waals surface area contributed by atoms with Crippen molar-refractivity contribution < 1.29 is 14.7 Å². The minimum Gasteiger partial charge on any atom is -0.393 e. The molecular weight excluding hydrogens is 380 g/mol. The van der Waals surface area contributed by atoms with Gasteiger partial charge in [0.15, 0.2) is 5.84 Å². The Morgan fingerprint density at radius 1 is 1.18 bits per heavy atom. The van der Waals surface area contributed by atoms with E-state index in [9.17, 15) is 4.79 Å². The van der Waals surface area contributed by atoms with Crippen LogP contribution < -0.4 is 16.4 Å². The zero-order valence-electron chi connectivity index (χ0n) is 15.7. The molecule has 5 N–H and O–H groups in total. The van der Waals surface area contributed by atoms with Crippen LogP contribution in [0.25, 0.3) is 0 Å². The maximum Gasteiger partial charge on any atom is 0.319 e. The van der Waals surface area contributed by atoms with Crippen LogP contribution in [-0.2, 0) is 17.7 Å². The monoisotopic (exact) mass is 404 g/mol. The lowest BCUT2D eigenvalue weighted by Gasteiger charge is -2.19. The van der Waals surface area contributed by atoms with Gasteiger partial charge in [-0.1, -0.05) is 47.9 Å². The maximum atomic E-state index is 12.4. The summed E-state index contributed by atoms with van der Waals surface area (Å²) in [6.45, 7) is 1.93. The number of benzene rings is 2. The lowest BCUT2D eigenvalue weighted by Crippen LogP contribution is -2.47. The van der Waals surface area contributed by atoms with Crippen LogP contribution in [0, 0.1) is 0 Å². The third-order valence-electron chi connectivity index (χ3n) is 3.99. The van der Waals surface area contributed by atoms with E-state index >= 15 is 0 Å². The Morgan fingerprint density at radius 2 is 1.82 bits per heavy atom. The first-order valence-electron chi connectivity index (χ1n) is 8.99.